The fourth-order valence-corrected chi connectivity index (χ4v) is 3.33. The van der Waals surface area contributed by atoms with Gasteiger partial charge in [0.2, 0.25) is 0 Å². The number of amides is 1. The third-order valence-corrected chi connectivity index (χ3v) is 4.26. The van der Waals surface area contributed by atoms with Crippen molar-refractivity contribution in [3.05, 3.63) is 51.2 Å². The number of carbonyl (C=O) groups excluding carboxylic acids is 1. The summed E-state index contributed by atoms with van der Waals surface area (Å²) in [5.41, 5.74) is 1.84. The van der Waals surface area contributed by atoms with E-state index in [0.29, 0.717) is 5.56 Å². The zero-order valence-corrected chi connectivity index (χ0v) is 12.9. The predicted molar refractivity (Wildman–Crippen MR) is 83.4 cm³/mol. The van der Waals surface area contributed by atoms with E-state index in [1.54, 1.807) is 23.5 Å². The highest BCUT2D eigenvalue weighted by molar-refractivity contribution is 7.80. The van der Waals surface area contributed by atoms with Crippen molar-refractivity contribution < 1.29 is 4.79 Å². The lowest BCUT2D eigenvalue weighted by molar-refractivity contribution is 0.0939. The molecule has 1 N–H and O–H groups in total. The van der Waals surface area contributed by atoms with Gasteiger partial charge in [0, 0.05) is 20.2 Å². The molecule has 1 heterocycles. The van der Waals surface area contributed by atoms with E-state index in [1.165, 1.54) is 15.3 Å². The Morgan fingerprint density at radius 2 is 2.05 bits per heavy atom. The fourth-order valence-electron chi connectivity index (χ4n) is 2.09. The lowest BCUT2D eigenvalue weighted by atomic mass is 10.1. The molecule has 0 aliphatic rings. The number of hydrogen-bond acceptors (Lipinski definition) is 3. The van der Waals surface area contributed by atoms with Gasteiger partial charge in [-0.2, -0.15) is 0 Å². The van der Waals surface area contributed by atoms with E-state index >= 15 is 0 Å². The zero-order chi connectivity index (χ0) is 14.0. The van der Waals surface area contributed by atoms with E-state index in [9.17, 15) is 4.79 Å². The van der Waals surface area contributed by atoms with Gasteiger partial charge in [-0.3, -0.25) is 4.79 Å². The van der Waals surface area contributed by atoms with Gasteiger partial charge in [-0.1, -0.05) is 6.07 Å². The van der Waals surface area contributed by atoms with E-state index in [1.807, 2.05) is 19.1 Å². The summed E-state index contributed by atoms with van der Waals surface area (Å²) < 4.78 is 0. The van der Waals surface area contributed by atoms with Crippen molar-refractivity contribution in [1.29, 1.82) is 0 Å². The van der Waals surface area contributed by atoms with E-state index in [-0.39, 0.29) is 11.9 Å². The number of rotatable bonds is 3. The van der Waals surface area contributed by atoms with Crippen LogP contribution in [-0.2, 0) is 0 Å². The van der Waals surface area contributed by atoms with Crippen LogP contribution < -0.4 is 5.32 Å². The molecule has 0 aliphatic carbocycles. The minimum atomic E-state index is -0.0633. The first-order valence-electron chi connectivity index (χ1n) is 6.14. The molecule has 0 saturated carbocycles. The molecular weight excluding hydrogens is 274 g/mol. The summed E-state index contributed by atoms with van der Waals surface area (Å²) in [6.07, 6.45) is 0. The third-order valence-electron chi connectivity index (χ3n) is 3.00. The second kappa shape index (κ2) is 5.80. The van der Waals surface area contributed by atoms with Gasteiger partial charge in [-0.15, -0.1) is 24.0 Å². The monoisotopic (exact) mass is 291 g/mol. The lowest BCUT2D eigenvalue weighted by Gasteiger charge is -2.14. The van der Waals surface area contributed by atoms with E-state index in [2.05, 4.69) is 37.9 Å². The molecule has 0 radical (unpaired) electrons. The van der Waals surface area contributed by atoms with Crippen molar-refractivity contribution in [3.8, 4) is 0 Å². The number of carbonyl (C=O) groups is 1. The molecule has 0 aliphatic heterocycles. The van der Waals surface area contributed by atoms with Crippen molar-refractivity contribution in [2.45, 2.75) is 31.7 Å². The van der Waals surface area contributed by atoms with Crippen LogP contribution in [0.25, 0.3) is 0 Å². The van der Waals surface area contributed by atoms with Gasteiger partial charge in [-0.05, 0) is 50.6 Å². The second-order valence-electron chi connectivity index (χ2n) is 4.61. The summed E-state index contributed by atoms with van der Waals surface area (Å²) in [5.74, 6) is -0.0633. The summed E-state index contributed by atoms with van der Waals surface area (Å²) >= 11 is 6.01. The van der Waals surface area contributed by atoms with Crippen LogP contribution in [0, 0.1) is 13.8 Å². The topological polar surface area (TPSA) is 29.1 Å². The molecule has 1 unspecified atom stereocenters. The maximum atomic E-state index is 12.2. The van der Waals surface area contributed by atoms with Crippen molar-refractivity contribution in [1.82, 2.24) is 5.32 Å². The molecule has 1 aromatic heterocycles. The molecule has 2 aromatic rings. The molecule has 1 amide bonds. The Labute approximate surface area is 123 Å². The minimum absolute atomic E-state index is 0.0148. The molecular formula is C15H17NOS2. The predicted octanol–water partition coefficient (Wildman–Crippen LogP) is 4.14. The van der Waals surface area contributed by atoms with Crippen LogP contribution in [0.5, 0.6) is 0 Å². The standard InChI is InChI=1S/C15H17NOS2/c1-9-7-14(11(3)19-9)10(2)16-15(17)12-5-4-6-13(18)8-12/h4-8,10,18H,1-3H3,(H,16,17). The molecule has 0 bridgehead atoms. The SMILES string of the molecule is Cc1cc(C(C)NC(=O)c2cccc(S)c2)c(C)s1. The summed E-state index contributed by atoms with van der Waals surface area (Å²) in [5, 5.41) is 3.03. The quantitative estimate of drug-likeness (QED) is 0.817. The van der Waals surface area contributed by atoms with E-state index in [0.717, 1.165) is 4.90 Å². The van der Waals surface area contributed by atoms with Crippen LogP contribution in [0.4, 0.5) is 0 Å². The van der Waals surface area contributed by atoms with E-state index < -0.39 is 0 Å². The van der Waals surface area contributed by atoms with Crippen LogP contribution >= 0.6 is 24.0 Å². The maximum absolute atomic E-state index is 12.2. The van der Waals surface area contributed by atoms with Crippen molar-refractivity contribution >= 4 is 29.9 Å². The van der Waals surface area contributed by atoms with Gasteiger partial charge in [0.15, 0.2) is 0 Å². The van der Waals surface area contributed by atoms with Crippen LogP contribution in [0.2, 0.25) is 0 Å². The number of benzene rings is 1. The number of hydrogen-bond donors (Lipinski definition) is 2. The van der Waals surface area contributed by atoms with Crippen LogP contribution in [0.1, 0.15) is 38.6 Å². The van der Waals surface area contributed by atoms with Crippen molar-refractivity contribution in [2.24, 2.45) is 0 Å². The smallest absolute Gasteiger partial charge is 0.251 e. The van der Waals surface area contributed by atoms with Gasteiger partial charge in [0.05, 0.1) is 6.04 Å². The molecule has 1 aromatic carbocycles. The molecule has 0 fully saturated rings. The zero-order valence-electron chi connectivity index (χ0n) is 11.2. The van der Waals surface area contributed by atoms with Crippen LogP contribution in [-0.4, -0.2) is 5.91 Å². The average molecular weight is 291 g/mol. The number of thiol groups is 1. The third kappa shape index (κ3) is 3.39. The highest BCUT2D eigenvalue weighted by atomic mass is 32.1. The van der Waals surface area contributed by atoms with Gasteiger partial charge in [-0.25, -0.2) is 0 Å². The second-order valence-corrected chi connectivity index (χ2v) is 6.59. The average Bonchev–Trinajstić information content (AvgIpc) is 2.68. The summed E-state index contributed by atoms with van der Waals surface area (Å²) in [7, 11) is 0. The first-order chi connectivity index (χ1) is 8.97. The highest BCUT2D eigenvalue weighted by Gasteiger charge is 2.14. The van der Waals surface area contributed by atoms with Crippen molar-refractivity contribution in [3.63, 3.8) is 0 Å². The molecule has 2 rings (SSSR count). The number of aryl methyl sites for hydroxylation is 2. The first kappa shape index (κ1) is 14.2. The maximum Gasteiger partial charge on any atom is 0.251 e. The highest BCUT2D eigenvalue weighted by Crippen LogP contribution is 2.26. The van der Waals surface area contributed by atoms with Gasteiger partial charge >= 0.3 is 0 Å². The molecule has 0 spiro atoms. The minimum Gasteiger partial charge on any atom is -0.345 e. The van der Waals surface area contributed by atoms with Gasteiger partial charge in [0.25, 0.3) is 5.91 Å². The van der Waals surface area contributed by atoms with E-state index in [4.69, 9.17) is 0 Å². The molecule has 1 atom stereocenters. The van der Waals surface area contributed by atoms with Gasteiger partial charge in [0.1, 0.15) is 0 Å². The van der Waals surface area contributed by atoms with Gasteiger partial charge < -0.3 is 5.32 Å². The molecule has 2 nitrogen and oxygen atoms in total. The Bertz CT molecular complexity index is 604. The molecule has 0 saturated heterocycles. The van der Waals surface area contributed by atoms with Crippen LogP contribution in [0.3, 0.4) is 0 Å². The fraction of sp³-hybridized carbons (Fsp3) is 0.267. The number of nitrogens with one attached hydrogen (secondary N) is 1. The molecule has 4 heteroatoms. The lowest BCUT2D eigenvalue weighted by Crippen LogP contribution is -2.26. The summed E-state index contributed by atoms with van der Waals surface area (Å²) in [6, 6.07) is 9.42. The Morgan fingerprint density at radius 3 is 2.63 bits per heavy atom. The normalized spacial score (nSPS) is 12.2. The Morgan fingerprint density at radius 1 is 1.32 bits per heavy atom. The Balaban J connectivity index is 2.13. The summed E-state index contributed by atoms with van der Waals surface area (Å²) in [4.78, 5) is 15.5. The molecule has 100 valence electrons. The Kier molecular flexibility index (Phi) is 4.32. The first-order valence-corrected chi connectivity index (χ1v) is 7.40. The van der Waals surface area contributed by atoms with Crippen LogP contribution in [0.15, 0.2) is 35.2 Å². The summed E-state index contributed by atoms with van der Waals surface area (Å²) in [6.45, 7) is 6.18. The number of thiophene rings is 1. The van der Waals surface area contributed by atoms with Crippen molar-refractivity contribution in [2.75, 3.05) is 0 Å². The Hall–Kier alpha value is -1.26. The molecule has 19 heavy (non-hydrogen) atoms. The largest absolute Gasteiger partial charge is 0.345 e.